The SMILES string of the molecule is C#CCOC(=O)c1occ(C)c1C. The van der Waals surface area contributed by atoms with Crippen LogP contribution in [0.25, 0.3) is 0 Å². The second-order valence-corrected chi connectivity index (χ2v) is 2.65. The van der Waals surface area contributed by atoms with Gasteiger partial charge in [0.15, 0.2) is 6.61 Å². The van der Waals surface area contributed by atoms with Gasteiger partial charge in [-0.15, -0.1) is 6.42 Å². The molecule has 1 aromatic rings. The summed E-state index contributed by atoms with van der Waals surface area (Å²) in [6, 6.07) is 0. The third-order valence-electron chi connectivity index (χ3n) is 1.76. The molecule has 0 spiro atoms. The number of hydrogen-bond acceptors (Lipinski definition) is 3. The van der Waals surface area contributed by atoms with E-state index < -0.39 is 5.97 Å². The van der Waals surface area contributed by atoms with Crippen LogP contribution in [0.1, 0.15) is 21.7 Å². The van der Waals surface area contributed by atoms with Crippen molar-refractivity contribution in [2.75, 3.05) is 6.61 Å². The Bertz CT molecular complexity index is 355. The summed E-state index contributed by atoms with van der Waals surface area (Å²) in [5, 5.41) is 0. The molecule has 3 heteroatoms. The van der Waals surface area contributed by atoms with Gasteiger partial charge in [0.2, 0.25) is 5.76 Å². The summed E-state index contributed by atoms with van der Waals surface area (Å²) in [4.78, 5) is 11.2. The minimum absolute atomic E-state index is 0.0297. The number of rotatable bonds is 2. The van der Waals surface area contributed by atoms with Gasteiger partial charge in [0.25, 0.3) is 0 Å². The van der Waals surface area contributed by atoms with Crippen molar-refractivity contribution in [1.29, 1.82) is 0 Å². The van der Waals surface area contributed by atoms with E-state index in [4.69, 9.17) is 15.6 Å². The molecule has 0 N–H and O–H groups in total. The molecule has 0 aliphatic rings. The van der Waals surface area contributed by atoms with Crippen LogP contribution in [0.5, 0.6) is 0 Å². The number of terminal acetylenes is 1. The first kappa shape index (κ1) is 9.40. The Morgan fingerprint density at radius 2 is 2.38 bits per heavy atom. The van der Waals surface area contributed by atoms with Gasteiger partial charge in [0.1, 0.15) is 0 Å². The normalized spacial score (nSPS) is 9.31. The maximum Gasteiger partial charge on any atom is 0.375 e. The number of aryl methyl sites for hydroxylation is 1. The van der Waals surface area contributed by atoms with Crippen LogP contribution in [0.15, 0.2) is 10.7 Å². The van der Waals surface area contributed by atoms with Crippen molar-refractivity contribution < 1.29 is 13.9 Å². The Labute approximate surface area is 76.7 Å². The second-order valence-electron chi connectivity index (χ2n) is 2.65. The van der Waals surface area contributed by atoms with E-state index in [1.807, 2.05) is 6.92 Å². The molecule has 0 atom stereocenters. The topological polar surface area (TPSA) is 39.4 Å². The van der Waals surface area contributed by atoms with Gasteiger partial charge in [-0.05, 0) is 19.4 Å². The van der Waals surface area contributed by atoms with Crippen molar-refractivity contribution in [3.05, 3.63) is 23.2 Å². The third-order valence-corrected chi connectivity index (χ3v) is 1.76. The monoisotopic (exact) mass is 178 g/mol. The second kappa shape index (κ2) is 3.81. The zero-order chi connectivity index (χ0) is 9.84. The Morgan fingerprint density at radius 3 is 2.85 bits per heavy atom. The number of ether oxygens (including phenoxy) is 1. The molecule has 0 bridgehead atoms. The Hall–Kier alpha value is -1.69. The molecule has 13 heavy (non-hydrogen) atoms. The van der Waals surface area contributed by atoms with Crippen molar-refractivity contribution in [2.24, 2.45) is 0 Å². The molecule has 0 amide bonds. The summed E-state index contributed by atoms with van der Waals surface area (Å²) in [6.07, 6.45) is 6.46. The molecule has 0 unspecified atom stereocenters. The lowest BCUT2D eigenvalue weighted by Crippen LogP contribution is -2.05. The highest BCUT2D eigenvalue weighted by atomic mass is 16.5. The van der Waals surface area contributed by atoms with E-state index in [9.17, 15) is 4.79 Å². The lowest BCUT2D eigenvalue weighted by molar-refractivity contribution is 0.0519. The molecule has 1 aromatic heterocycles. The highest BCUT2D eigenvalue weighted by Gasteiger charge is 2.15. The van der Waals surface area contributed by atoms with E-state index in [1.54, 1.807) is 6.92 Å². The highest BCUT2D eigenvalue weighted by Crippen LogP contribution is 2.15. The first-order valence-electron chi connectivity index (χ1n) is 3.82. The van der Waals surface area contributed by atoms with Crippen LogP contribution >= 0.6 is 0 Å². The van der Waals surface area contributed by atoms with Crippen molar-refractivity contribution >= 4 is 5.97 Å². The predicted molar refractivity (Wildman–Crippen MR) is 47.3 cm³/mol. The minimum Gasteiger partial charge on any atom is -0.457 e. The van der Waals surface area contributed by atoms with Crippen molar-refractivity contribution in [2.45, 2.75) is 13.8 Å². The Balaban J connectivity index is 2.78. The fourth-order valence-corrected chi connectivity index (χ4v) is 0.877. The fraction of sp³-hybridized carbons (Fsp3) is 0.300. The summed E-state index contributed by atoms with van der Waals surface area (Å²) >= 11 is 0. The number of hydrogen-bond donors (Lipinski definition) is 0. The van der Waals surface area contributed by atoms with E-state index in [1.165, 1.54) is 6.26 Å². The van der Waals surface area contributed by atoms with Crippen molar-refractivity contribution in [1.82, 2.24) is 0 Å². The third kappa shape index (κ3) is 1.91. The van der Waals surface area contributed by atoms with E-state index in [0.717, 1.165) is 11.1 Å². The van der Waals surface area contributed by atoms with Crippen molar-refractivity contribution in [3.8, 4) is 12.3 Å². The number of esters is 1. The first-order chi connectivity index (χ1) is 6.16. The maximum atomic E-state index is 11.2. The van der Waals surface area contributed by atoms with Crippen LogP contribution < -0.4 is 0 Å². The fourth-order valence-electron chi connectivity index (χ4n) is 0.877. The molecule has 0 saturated carbocycles. The molecular formula is C10H10O3. The predicted octanol–water partition coefficient (Wildman–Crippen LogP) is 1.69. The maximum absolute atomic E-state index is 11.2. The summed E-state index contributed by atoms with van der Waals surface area (Å²) < 4.78 is 9.71. The molecule has 0 radical (unpaired) electrons. The van der Waals surface area contributed by atoms with E-state index in [-0.39, 0.29) is 12.4 Å². The molecule has 0 aliphatic carbocycles. The lowest BCUT2D eigenvalue weighted by Gasteiger charge is -1.97. The van der Waals surface area contributed by atoms with Gasteiger partial charge < -0.3 is 9.15 Å². The summed E-state index contributed by atoms with van der Waals surface area (Å²) in [5.41, 5.74) is 1.72. The summed E-state index contributed by atoms with van der Waals surface area (Å²) in [5.74, 6) is 1.93. The number of furan rings is 1. The summed E-state index contributed by atoms with van der Waals surface area (Å²) in [7, 11) is 0. The molecule has 68 valence electrons. The number of carbonyl (C=O) groups is 1. The average molecular weight is 178 g/mol. The highest BCUT2D eigenvalue weighted by molar-refractivity contribution is 5.88. The van der Waals surface area contributed by atoms with Gasteiger partial charge in [-0.25, -0.2) is 4.79 Å². The molecule has 0 saturated heterocycles. The van der Waals surface area contributed by atoms with Gasteiger partial charge in [-0.2, -0.15) is 0 Å². The molecule has 3 nitrogen and oxygen atoms in total. The molecule has 1 rings (SSSR count). The molecule has 0 aliphatic heterocycles. The average Bonchev–Trinajstić information content (AvgIpc) is 2.44. The smallest absolute Gasteiger partial charge is 0.375 e. The van der Waals surface area contributed by atoms with Crippen LogP contribution in [-0.2, 0) is 4.74 Å². The Kier molecular flexibility index (Phi) is 2.76. The molecular weight excluding hydrogens is 168 g/mol. The lowest BCUT2D eigenvalue weighted by atomic mass is 10.2. The first-order valence-corrected chi connectivity index (χ1v) is 3.82. The van der Waals surface area contributed by atoms with Gasteiger partial charge in [0, 0.05) is 5.56 Å². The van der Waals surface area contributed by atoms with Crippen LogP contribution in [0.3, 0.4) is 0 Å². The van der Waals surface area contributed by atoms with Gasteiger partial charge >= 0.3 is 5.97 Å². The summed E-state index contributed by atoms with van der Waals surface area (Å²) in [6.45, 7) is 3.63. The van der Waals surface area contributed by atoms with E-state index in [2.05, 4.69) is 5.92 Å². The molecule has 0 aromatic carbocycles. The van der Waals surface area contributed by atoms with Crippen LogP contribution in [0, 0.1) is 26.2 Å². The van der Waals surface area contributed by atoms with Crippen LogP contribution in [-0.4, -0.2) is 12.6 Å². The van der Waals surface area contributed by atoms with Gasteiger partial charge in [0.05, 0.1) is 6.26 Å². The van der Waals surface area contributed by atoms with E-state index >= 15 is 0 Å². The number of carbonyl (C=O) groups excluding carboxylic acids is 1. The Morgan fingerprint density at radius 1 is 1.69 bits per heavy atom. The van der Waals surface area contributed by atoms with Crippen LogP contribution in [0.2, 0.25) is 0 Å². The van der Waals surface area contributed by atoms with E-state index in [0.29, 0.717) is 0 Å². The zero-order valence-electron chi connectivity index (χ0n) is 7.59. The standard InChI is InChI=1S/C10H10O3/c1-4-5-12-10(11)9-8(3)7(2)6-13-9/h1,6H,5H2,2-3H3. The largest absolute Gasteiger partial charge is 0.457 e. The quantitative estimate of drug-likeness (QED) is 0.511. The van der Waals surface area contributed by atoms with Crippen molar-refractivity contribution in [3.63, 3.8) is 0 Å². The van der Waals surface area contributed by atoms with Gasteiger partial charge in [-0.1, -0.05) is 5.92 Å². The molecule has 0 fully saturated rings. The minimum atomic E-state index is -0.511. The molecule has 1 heterocycles. The van der Waals surface area contributed by atoms with Gasteiger partial charge in [-0.3, -0.25) is 0 Å². The zero-order valence-corrected chi connectivity index (χ0v) is 7.59. The van der Waals surface area contributed by atoms with Crippen LogP contribution in [0.4, 0.5) is 0 Å².